The van der Waals surface area contributed by atoms with Gasteiger partial charge >= 0.3 is 0 Å². The largest absolute Gasteiger partial charge is 0.361 e. The quantitative estimate of drug-likeness (QED) is 0.619. The van der Waals surface area contributed by atoms with Crippen molar-refractivity contribution in [3.05, 3.63) is 51.3 Å². The number of aromatic amines is 1. The molecule has 1 N–H and O–H groups in total. The van der Waals surface area contributed by atoms with Crippen LogP contribution in [0.1, 0.15) is 18.1 Å². The van der Waals surface area contributed by atoms with Gasteiger partial charge in [-0.15, -0.1) is 0 Å². The summed E-state index contributed by atoms with van der Waals surface area (Å²) in [6.45, 7) is 3.49. The summed E-state index contributed by atoms with van der Waals surface area (Å²) in [5.41, 5.74) is 3.12. The molecule has 0 radical (unpaired) electrons. The third kappa shape index (κ3) is 1.69. The molecule has 0 fully saturated rings. The average Bonchev–Trinajstić information content (AvgIpc) is 2.63. The average molecular weight is 216 g/mol. The minimum atomic E-state index is -0.378. The molecule has 4 heteroatoms. The van der Waals surface area contributed by atoms with Crippen molar-refractivity contribution in [3.8, 4) is 0 Å². The van der Waals surface area contributed by atoms with E-state index in [9.17, 15) is 10.1 Å². The summed E-state index contributed by atoms with van der Waals surface area (Å²) in [7, 11) is 0. The zero-order chi connectivity index (χ0) is 11.7. The predicted octanol–water partition coefficient (Wildman–Crippen LogP) is 3.11. The van der Waals surface area contributed by atoms with Gasteiger partial charge in [0.15, 0.2) is 0 Å². The molecule has 1 heterocycles. The van der Waals surface area contributed by atoms with E-state index in [0.29, 0.717) is 0 Å². The molecule has 0 amide bonds. The Morgan fingerprint density at radius 3 is 2.94 bits per heavy atom. The van der Waals surface area contributed by atoms with Crippen molar-refractivity contribution in [2.24, 2.45) is 0 Å². The number of benzene rings is 1. The molecular formula is C12H12N2O2. The van der Waals surface area contributed by atoms with E-state index in [1.807, 2.05) is 25.1 Å². The summed E-state index contributed by atoms with van der Waals surface area (Å²) >= 11 is 0. The summed E-state index contributed by atoms with van der Waals surface area (Å²) in [4.78, 5) is 13.3. The van der Waals surface area contributed by atoms with Gasteiger partial charge < -0.3 is 4.98 Å². The van der Waals surface area contributed by atoms with Gasteiger partial charge in [-0.25, -0.2) is 0 Å². The number of nitrogens with one attached hydrogen (secondary N) is 1. The second-order valence-corrected chi connectivity index (χ2v) is 3.78. The Morgan fingerprint density at radius 2 is 2.25 bits per heavy atom. The minimum absolute atomic E-state index is 0.143. The number of hydrogen-bond acceptors (Lipinski definition) is 2. The first-order chi connectivity index (χ1) is 7.59. The van der Waals surface area contributed by atoms with Crippen molar-refractivity contribution in [2.45, 2.75) is 13.8 Å². The number of aromatic nitrogens is 1. The smallest absolute Gasteiger partial charge is 0.243 e. The third-order valence-corrected chi connectivity index (χ3v) is 2.60. The SMILES string of the molecule is CC(=Cc1c[nH]c2cccc(C)c12)[N+](=O)[O-]. The lowest BCUT2D eigenvalue weighted by molar-refractivity contribution is -0.422. The van der Waals surface area contributed by atoms with E-state index in [1.54, 1.807) is 12.3 Å². The molecule has 0 aliphatic heterocycles. The second-order valence-electron chi connectivity index (χ2n) is 3.78. The second kappa shape index (κ2) is 3.81. The van der Waals surface area contributed by atoms with Gasteiger partial charge in [-0.1, -0.05) is 12.1 Å². The van der Waals surface area contributed by atoms with Crippen molar-refractivity contribution >= 4 is 17.0 Å². The molecule has 0 atom stereocenters. The lowest BCUT2D eigenvalue weighted by atomic mass is 10.1. The molecule has 0 unspecified atom stereocenters. The van der Waals surface area contributed by atoms with Gasteiger partial charge in [0.2, 0.25) is 5.70 Å². The van der Waals surface area contributed by atoms with Crippen LogP contribution in [0.15, 0.2) is 30.1 Å². The van der Waals surface area contributed by atoms with Crippen LogP contribution in [0.2, 0.25) is 0 Å². The molecule has 0 spiro atoms. The van der Waals surface area contributed by atoms with Gasteiger partial charge in [-0.3, -0.25) is 10.1 Å². The van der Waals surface area contributed by atoms with E-state index in [-0.39, 0.29) is 10.6 Å². The van der Waals surface area contributed by atoms with E-state index < -0.39 is 0 Å². The number of allylic oxidation sites excluding steroid dienone is 1. The number of H-pyrrole nitrogens is 1. The lowest BCUT2D eigenvalue weighted by Gasteiger charge is -1.97. The van der Waals surface area contributed by atoms with Gasteiger partial charge in [0.1, 0.15) is 0 Å². The molecule has 0 bridgehead atoms. The fourth-order valence-corrected chi connectivity index (χ4v) is 1.79. The van der Waals surface area contributed by atoms with E-state index in [0.717, 1.165) is 22.0 Å². The normalized spacial score (nSPS) is 12.0. The number of nitrogens with zero attached hydrogens (tertiary/aromatic N) is 1. The van der Waals surface area contributed by atoms with Gasteiger partial charge in [-0.05, 0) is 18.6 Å². The van der Waals surface area contributed by atoms with E-state index in [4.69, 9.17) is 0 Å². The first-order valence-electron chi connectivity index (χ1n) is 4.99. The Kier molecular flexibility index (Phi) is 2.48. The highest BCUT2D eigenvalue weighted by Gasteiger charge is 2.07. The van der Waals surface area contributed by atoms with Crippen molar-refractivity contribution in [1.82, 2.24) is 4.98 Å². The number of rotatable bonds is 2. The van der Waals surface area contributed by atoms with Gasteiger partial charge in [0.05, 0.1) is 4.92 Å². The Morgan fingerprint density at radius 1 is 1.50 bits per heavy atom. The Bertz CT molecular complexity index is 582. The van der Waals surface area contributed by atoms with Crippen LogP contribution in [0.3, 0.4) is 0 Å². The maximum Gasteiger partial charge on any atom is 0.243 e. The van der Waals surface area contributed by atoms with Crippen molar-refractivity contribution in [2.75, 3.05) is 0 Å². The summed E-state index contributed by atoms with van der Waals surface area (Å²) in [6.07, 6.45) is 3.39. The maximum atomic E-state index is 10.6. The standard InChI is InChI=1S/C12H12N2O2/c1-8-4-3-5-11-12(8)10(7-13-11)6-9(2)14(15)16/h3-7,13H,1-2H3. The zero-order valence-electron chi connectivity index (χ0n) is 9.15. The molecule has 82 valence electrons. The highest BCUT2D eigenvalue weighted by Crippen LogP contribution is 2.23. The van der Waals surface area contributed by atoms with Crippen LogP contribution in [0, 0.1) is 17.0 Å². The molecule has 0 saturated heterocycles. The van der Waals surface area contributed by atoms with Gasteiger partial charge in [0.25, 0.3) is 0 Å². The van der Waals surface area contributed by atoms with E-state index in [1.165, 1.54) is 6.92 Å². The molecule has 0 aliphatic rings. The zero-order valence-corrected chi connectivity index (χ0v) is 9.15. The molecule has 0 saturated carbocycles. The number of hydrogen-bond donors (Lipinski definition) is 1. The predicted molar refractivity (Wildman–Crippen MR) is 63.7 cm³/mol. The maximum absolute atomic E-state index is 10.6. The summed E-state index contributed by atoms with van der Waals surface area (Å²) in [6, 6.07) is 5.91. The van der Waals surface area contributed by atoms with Crippen LogP contribution in [0.5, 0.6) is 0 Å². The molecule has 16 heavy (non-hydrogen) atoms. The van der Waals surface area contributed by atoms with Crippen LogP contribution in [-0.2, 0) is 0 Å². The Labute approximate surface area is 92.7 Å². The van der Waals surface area contributed by atoms with Crippen LogP contribution in [0.4, 0.5) is 0 Å². The highest BCUT2D eigenvalue weighted by atomic mass is 16.6. The molecular weight excluding hydrogens is 204 g/mol. The van der Waals surface area contributed by atoms with Gasteiger partial charge in [-0.2, -0.15) is 0 Å². The van der Waals surface area contributed by atoms with Crippen LogP contribution >= 0.6 is 0 Å². The topological polar surface area (TPSA) is 58.9 Å². The molecule has 0 aliphatic carbocycles. The van der Waals surface area contributed by atoms with Gasteiger partial charge in [0, 0.05) is 35.7 Å². The lowest BCUT2D eigenvalue weighted by Crippen LogP contribution is -1.92. The van der Waals surface area contributed by atoms with Crippen LogP contribution < -0.4 is 0 Å². The van der Waals surface area contributed by atoms with Crippen LogP contribution in [0.25, 0.3) is 17.0 Å². The fraction of sp³-hybridized carbons (Fsp3) is 0.167. The third-order valence-electron chi connectivity index (χ3n) is 2.60. The monoisotopic (exact) mass is 216 g/mol. The molecule has 1 aromatic carbocycles. The number of aryl methyl sites for hydroxylation is 1. The first kappa shape index (κ1) is 10.4. The summed E-state index contributed by atoms with van der Waals surface area (Å²) in [5, 5.41) is 11.6. The molecule has 2 aromatic rings. The molecule has 2 rings (SSSR count). The summed E-state index contributed by atoms with van der Waals surface area (Å²) < 4.78 is 0. The first-order valence-corrected chi connectivity index (χ1v) is 4.99. The summed E-state index contributed by atoms with van der Waals surface area (Å²) in [5.74, 6) is 0. The van der Waals surface area contributed by atoms with E-state index >= 15 is 0 Å². The van der Waals surface area contributed by atoms with Crippen molar-refractivity contribution < 1.29 is 4.92 Å². The molecule has 1 aromatic heterocycles. The number of nitro groups is 1. The van der Waals surface area contributed by atoms with Crippen molar-refractivity contribution in [3.63, 3.8) is 0 Å². The number of fused-ring (bicyclic) bond motifs is 1. The van der Waals surface area contributed by atoms with Crippen LogP contribution in [-0.4, -0.2) is 9.91 Å². The Balaban J connectivity index is 2.62. The Hall–Kier alpha value is -2.10. The minimum Gasteiger partial charge on any atom is -0.361 e. The fourth-order valence-electron chi connectivity index (χ4n) is 1.79. The van der Waals surface area contributed by atoms with E-state index in [2.05, 4.69) is 4.98 Å². The highest BCUT2D eigenvalue weighted by molar-refractivity contribution is 5.91. The van der Waals surface area contributed by atoms with Crippen molar-refractivity contribution in [1.29, 1.82) is 0 Å². The molecule has 4 nitrogen and oxygen atoms in total.